The molecule has 440 valence electrons. The van der Waals surface area contributed by atoms with Crippen LogP contribution in [0.15, 0.2) is 77.8 Å². The van der Waals surface area contributed by atoms with E-state index >= 15 is 0 Å². The number of rotatable bonds is 44. The van der Waals surface area contributed by atoms with Crippen molar-refractivity contribution in [2.24, 2.45) is 5.92 Å². The van der Waals surface area contributed by atoms with Gasteiger partial charge in [-0.1, -0.05) is 184 Å². The fraction of sp³-hybridized carbons (Fsp3) is 0.704. The first kappa shape index (κ1) is 69.4. The van der Waals surface area contributed by atoms with Crippen molar-refractivity contribution in [3.8, 4) is 0 Å². The predicted octanol–water partition coefficient (Wildman–Crippen LogP) is 8.66. The first-order valence-corrected chi connectivity index (χ1v) is 30.5. The van der Waals surface area contributed by atoms with Crippen LogP contribution in [0.2, 0.25) is 0 Å². The summed E-state index contributed by atoms with van der Waals surface area (Å²) in [6.07, 6.45) is 28.0. The molecule has 1 fully saturated rings. The Kier molecular flexibility index (Phi) is 36.5. The molecule has 77 heavy (non-hydrogen) atoms. The number of nitrogen functional groups attached to an aromatic ring is 1. The van der Waals surface area contributed by atoms with Crippen LogP contribution in [0, 0.1) is 5.92 Å². The maximum Gasteiger partial charge on any atom is 0.481 e. The molecule has 1 saturated heterocycles. The lowest BCUT2D eigenvalue weighted by Crippen LogP contribution is -2.36. The summed E-state index contributed by atoms with van der Waals surface area (Å²) in [5.74, 6) is -0.852. The van der Waals surface area contributed by atoms with Crippen LogP contribution < -0.4 is 11.4 Å². The molecule has 1 aliphatic rings. The second-order valence-corrected chi connectivity index (χ2v) is 22.8. The van der Waals surface area contributed by atoms with Crippen molar-refractivity contribution < 1.29 is 81.6 Å². The van der Waals surface area contributed by atoms with Gasteiger partial charge in [0.05, 0.1) is 31.5 Å². The van der Waals surface area contributed by atoms with E-state index in [9.17, 15) is 58.8 Å². The van der Waals surface area contributed by atoms with Gasteiger partial charge in [0.25, 0.3) is 0 Å². The molecule has 2 unspecified atom stereocenters. The van der Waals surface area contributed by atoms with Crippen molar-refractivity contribution in [2.75, 3.05) is 25.6 Å². The SMILES string of the molecule is CC/C=C\C[C@H](O)/C=C/C=C/C=C\C=C/[C@@H](O)[C@H](O)CCCC(=O)O[C@H](COC(=O)CCCCCCCCCCCCCCCCCCC(C)C)COP(=O)(O)OP(=O)(O)OC[C@H]1O[C@@H](n2ccc(N)nc2=O)[C@H](O)[C@@H]1O. The quantitative estimate of drug-likeness (QED) is 0.00995. The second kappa shape index (κ2) is 40.5. The zero-order valence-electron chi connectivity index (χ0n) is 45.5. The number of esters is 2. The summed E-state index contributed by atoms with van der Waals surface area (Å²) >= 11 is 0. The van der Waals surface area contributed by atoms with Gasteiger partial charge in [-0.15, -0.1) is 0 Å². The number of hydrogen-bond acceptors (Lipinski definition) is 18. The van der Waals surface area contributed by atoms with E-state index < -0.39 is 102 Å². The zero-order chi connectivity index (χ0) is 56.9. The van der Waals surface area contributed by atoms with E-state index in [2.05, 4.69) is 23.1 Å². The molecule has 0 radical (unpaired) electrons. The van der Waals surface area contributed by atoms with Gasteiger partial charge in [-0.05, 0) is 44.1 Å². The highest BCUT2D eigenvalue weighted by atomic mass is 31.3. The molecule has 0 aromatic carbocycles. The summed E-state index contributed by atoms with van der Waals surface area (Å²) < 4.78 is 56.6. The molecular formula is C54H91N3O18P2. The van der Waals surface area contributed by atoms with Crippen LogP contribution in [0.4, 0.5) is 5.82 Å². The second-order valence-electron chi connectivity index (χ2n) is 19.8. The molecular weight excluding hydrogens is 1040 g/mol. The number of hydrogen-bond donors (Lipinski definition) is 8. The number of nitrogens with two attached hydrogens (primary N) is 1. The van der Waals surface area contributed by atoms with E-state index in [4.69, 9.17) is 29.0 Å². The topological polar surface area (TPSA) is 326 Å². The van der Waals surface area contributed by atoms with E-state index in [1.54, 1.807) is 36.5 Å². The number of allylic oxidation sites excluding steroid dienone is 7. The fourth-order valence-corrected chi connectivity index (χ4v) is 10.1. The lowest BCUT2D eigenvalue weighted by molar-refractivity contribution is -0.161. The summed E-state index contributed by atoms with van der Waals surface area (Å²) in [5, 5.41) is 51.7. The van der Waals surface area contributed by atoms with Crippen molar-refractivity contribution in [3.05, 3.63) is 83.5 Å². The number of ether oxygens (including phenoxy) is 3. The number of aliphatic hydroxyl groups excluding tert-OH is 5. The van der Waals surface area contributed by atoms with Crippen molar-refractivity contribution in [2.45, 2.75) is 217 Å². The monoisotopic (exact) mass is 1130 g/mol. The molecule has 0 bridgehead atoms. The lowest BCUT2D eigenvalue weighted by Gasteiger charge is -2.21. The van der Waals surface area contributed by atoms with E-state index in [-0.39, 0.29) is 31.5 Å². The highest BCUT2D eigenvalue weighted by Crippen LogP contribution is 2.60. The molecule has 23 heteroatoms. The fourth-order valence-electron chi connectivity index (χ4n) is 8.02. The number of aliphatic hydroxyl groups is 5. The third kappa shape index (κ3) is 33.5. The van der Waals surface area contributed by atoms with Gasteiger partial charge in [0.15, 0.2) is 12.3 Å². The Hall–Kier alpha value is -3.66. The van der Waals surface area contributed by atoms with Crippen LogP contribution in [0.25, 0.3) is 0 Å². The van der Waals surface area contributed by atoms with Crippen molar-refractivity contribution >= 4 is 33.4 Å². The summed E-state index contributed by atoms with van der Waals surface area (Å²) in [6.45, 7) is 3.97. The molecule has 1 aromatic heterocycles. The Labute approximate surface area is 455 Å². The van der Waals surface area contributed by atoms with Crippen LogP contribution >= 0.6 is 15.6 Å². The van der Waals surface area contributed by atoms with E-state index in [0.717, 1.165) is 48.8 Å². The van der Waals surface area contributed by atoms with Crippen LogP contribution in [0.5, 0.6) is 0 Å². The van der Waals surface area contributed by atoms with E-state index in [0.29, 0.717) is 12.8 Å². The van der Waals surface area contributed by atoms with Gasteiger partial charge in [0.2, 0.25) is 0 Å². The number of aromatic nitrogens is 2. The van der Waals surface area contributed by atoms with Gasteiger partial charge in [-0.25, -0.2) is 13.9 Å². The van der Waals surface area contributed by atoms with Crippen molar-refractivity contribution in [3.63, 3.8) is 0 Å². The molecule has 10 atom stereocenters. The zero-order valence-corrected chi connectivity index (χ0v) is 47.3. The average Bonchev–Trinajstić information content (AvgIpc) is 3.65. The summed E-state index contributed by atoms with van der Waals surface area (Å²) in [4.78, 5) is 62.1. The number of phosphoric acid groups is 2. The maximum absolute atomic E-state index is 12.9. The molecule has 0 aliphatic carbocycles. The summed E-state index contributed by atoms with van der Waals surface area (Å²) in [7, 11) is -11.0. The number of carbonyl (C=O) groups excluding carboxylic acids is 2. The molecule has 0 spiro atoms. The standard InChI is InChI=1S/C54H91N3O18P2/c1-4-5-24-31-43(58)32-26-21-18-19-22-27-33-45(59)46(60)34-29-36-50(62)73-44(39-70-49(61)35-28-23-17-15-13-11-9-7-6-8-10-12-14-16-20-25-30-42(2)3)40-71-76(66,67)75-77(68,69)72-41-47-51(63)52(64)53(74-47)57-38-37-48(55)56-54(57)65/h5,18-19,21-22,24,26-27,32-33,37-38,42-47,51-53,58-60,63-64H,4,6-17,20,23,25,28-31,34-36,39-41H2,1-3H3,(H,66,67)(H,68,69)(H2,55,56,65)/b21-18+,22-19-,24-5-,32-26+,33-27-/t43-,44+,45+,46+,47+,51+,52+,53+/m0/s1. The molecule has 21 nitrogen and oxygen atoms in total. The van der Waals surface area contributed by atoms with Gasteiger partial charge < -0.3 is 55.3 Å². The van der Waals surface area contributed by atoms with Crippen LogP contribution in [-0.4, -0.2) is 119 Å². The molecule has 9 N–H and O–H groups in total. The van der Waals surface area contributed by atoms with Gasteiger partial charge >= 0.3 is 33.3 Å². The Morgan fingerprint density at radius 3 is 1.86 bits per heavy atom. The number of phosphoric ester groups is 2. The van der Waals surface area contributed by atoms with Crippen molar-refractivity contribution in [1.29, 1.82) is 0 Å². The Bertz CT molecular complexity index is 2100. The first-order chi connectivity index (χ1) is 36.7. The minimum absolute atomic E-state index is 0.0274. The van der Waals surface area contributed by atoms with Gasteiger partial charge in [0, 0.05) is 19.0 Å². The maximum atomic E-state index is 12.9. The average molecular weight is 1130 g/mol. The number of anilines is 1. The normalized spacial score (nSPS) is 20.4. The lowest BCUT2D eigenvalue weighted by atomic mass is 10.0. The molecule has 2 rings (SSSR count). The van der Waals surface area contributed by atoms with Crippen LogP contribution in [-0.2, 0) is 46.3 Å². The number of unbranched alkanes of at least 4 members (excludes halogenated alkanes) is 15. The van der Waals surface area contributed by atoms with Gasteiger partial charge in [-0.2, -0.15) is 9.29 Å². The first-order valence-electron chi connectivity index (χ1n) is 27.5. The van der Waals surface area contributed by atoms with E-state index in [1.807, 2.05) is 19.1 Å². The largest absolute Gasteiger partial charge is 0.481 e. The predicted molar refractivity (Wildman–Crippen MR) is 293 cm³/mol. The molecule has 0 amide bonds. The third-order valence-electron chi connectivity index (χ3n) is 12.4. The number of nitrogens with zero attached hydrogens (tertiary/aromatic N) is 2. The van der Waals surface area contributed by atoms with Gasteiger partial charge in [-0.3, -0.25) is 23.2 Å². The van der Waals surface area contributed by atoms with E-state index in [1.165, 1.54) is 95.3 Å². The molecule has 1 aliphatic heterocycles. The summed E-state index contributed by atoms with van der Waals surface area (Å²) in [5.41, 5.74) is 4.56. The highest BCUT2D eigenvalue weighted by Gasteiger charge is 2.46. The summed E-state index contributed by atoms with van der Waals surface area (Å²) in [6, 6.07) is 1.23. The minimum Gasteiger partial charge on any atom is -0.462 e. The van der Waals surface area contributed by atoms with Gasteiger partial charge in [0.1, 0.15) is 30.7 Å². The molecule has 0 saturated carbocycles. The number of carbonyl (C=O) groups is 2. The smallest absolute Gasteiger partial charge is 0.462 e. The Balaban J connectivity index is 1.85. The highest BCUT2D eigenvalue weighted by molar-refractivity contribution is 7.61. The van der Waals surface area contributed by atoms with Crippen LogP contribution in [0.3, 0.4) is 0 Å². The Morgan fingerprint density at radius 1 is 0.727 bits per heavy atom. The van der Waals surface area contributed by atoms with Crippen molar-refractivity contribution in [1.82, 2.24) is 9.55 Å². The minimum atomic E-state index is -5.52. The third-order valence-corrected chi connectivity index (χ3v) is 15.0. The Morgan fingerprint density at radius 2 is 1.27 bits per heavy atom. The van der Waals surface area contributed by atoms with Crippen LogP contribution in [0.1, 0.15) is 175 Å². The molecule has 1 aromatic rings. The molecule has 2 heterocycles.